The molecule has 2 aromatic rings. The number of hydrogen-bond donors (Lipinski definition) is 3. The summed E-state index contributed by atoms with van der Waals surface area (Å²) in [5.41, 5.74) is 1.04. The number of carbonyl (C=O) groups excluding carboxylic acids is 5. The van der Waals surface area contributed by atoms with Gasteiger partial charge in [0, 0.05) is 30.1 Å². The summed E-state index contributed by atoms with van der Waals surface area (Å²) in [7, 11) is 0. The van der Waals surface area contributed by atoms with Crippen LogP contribution in [0.25, 0.3) is 0 Å². The Kier molecular flexibility index (Phi) is 9.41. The molecule has 1 aliphatic heterocycles. The first-order chi connectivity index (χ1) is 18.0. The van der Waals surface area contributed by atoms with Crippen LogP contribution in [-0.2, 0) is 27.3 Å². The standard InChI is InChI=1S/C23H22F3N3O8S/c1-2-28-22(34)36-16-7-12(3-4-15(16)35-11-19(31)37-21(33)23(24,25)26)14(30)10-29-20(32)18-8-13-9-27-6-5-17(13)38-18/h3-4,7-8,27H,2,5-6,9-11H2,1H3,(H,28,34)(H,29,32). The number of alkyl halides is 3. The molecule has 2 amide bonds. The van der Waals surface area contributed by atoms with Crippen LogP contribution in [0, 0.1) is 0 Å². The second kappa shape index (κ2) is 12.5. The van der Waals surface area contributed by atoms with Gasteiger partial charge in [-0.1, -0.05) is 0 Å². The summed E-state index contributed by atoms with van der Waals surface area (Å²) in [5.74, 6) is -5.99. The Bertz CT molecular complexity index is 1220. The maximum absolute atomic E-state index is 12.7. The van der Waals surface area contributed by atoms with Crippen molar-refractivity contribution in [3.8, 4) is 11.5 Å². The molecular formula is C23H22F3N3O8S. The Labute approximate surface area is 217 Å². The van der Waals surface area contributed by atoms with Gasteiger partial charge in [0.25, 0.3) is 5.91 Å². The molecule has 2 heterocycles. The fraction of sp³-hybridized carbons (Fsp3) is 0.348. The molecule has 0 aliphatic carbocycles. The van der Waals surface area contributed by atoms with Crippen molar-refractivity contribution in [2.45, 2.75) is 26.1 Å². The van der Waals surface area contributed by atoms with Crippen molar-refractivity contribution in [1.29, 1.82) is 0 Å². The number of Topliss-reactive ketones (excluding diaryl/α,β-unsaturated/α-hetero) is 1. The number of hydrogen-bond acceptors (Lipinski definition) is 10. The minimum atomic E-state index is -5.38. The Morgan fingerprint density at radius 2 is 1.84 bits per heavy atom. The third-order valence-electron chi connectivity index (χ3n) is 4.95. The highest BCUT2D eigenvalue weighted by Gasteiger charge is 2.42. The molecule has 3 rings (SSSR count). The molecule has 1 aliphatic rings. The molecule has 0 spiro atoms. The van der Waals surface area contributed by atoms with Gasteiger partial charge < -0.3 is 30.2 Å². The molecule has 15 heteroatoms. The van der Waals surface area contributed by atoms with Crippen LogP contribution in [0.1, 0.15) is 37.4 Å². The molecule has 1 aromatic carbocycles. The highest BCUT2D eigenvalue weighted by Crippen LogP contribution is 2.29. The molecule has 38 heavy (non-hydrogen) atoms. The second-order valence-electron chi connectivity index (χ2n) is 7.72. The van der Waals surface area contributed by atoms with Crippen LogP contribution in [0.5, 0.6) is 11.5 Å². The lowest BCUT2D eigenvalue weighted by Crippen LogP contribution is -2.30. The predicted molar refractivity (Wildman–Crippen MR) is 125 cm³/mol. The van der Waals surface area contributed by atoms with E-state index in [-0.39, 0.29) is 30.2 Å². The number of benzene rings is 1. The van der Waals surface area contributed by atoms with Gasteiger partial charge in [-0.05, 0) is 43.2 Å². The molecule has 0 atom stereocenters. The van der Waals surface area contributed by atoms with Gasteiger partial charge in [-0.3, -0.25) is 9.59 Å². The molecule has 0 radical (unpaired) electrons. The van der Waals surface area contributed by atoms with E-state index in [2.05, 4.69) is 20.7 Å². The molecule has 3 N–H and O–H groups in total. The first kappa shape index (κ1) is 28.6. The molecular weight excluding hydrogens is 535 g/mol. The van der Waals surface area contributed by atoms with Gasteiger partial charge in [-0.15, -0.1) is 11.3 Å². The largest absolute Gasteiger partial charge is 0.491 e. The normalized spacial score (nSPS) is 12.6. The number of esters is 2. The van der Waals surface area contributed by atoms with E-state index in [9.17, 15) is 37.1 Å². The van der Waals surface area contributed by atoms with E-state index < -0.39 is 42.5 Å². The quantitative estimate of drug-likeness (QED) is 0.239. The van der Waals surface area contributed by atoms with Crippen LogP contribution in [0.3, 0.4) is 0 Å². The van der Waals surface area contributed by atoms with Crippen molar-refractivity contribution >= 4 is 41.1 Å². The molecule has 204 valence electrons. The molecule has 0 saturated carbocycles. The van der Waals surface area contributed by atoms with Crippen molar-refractivity contribution in [2.75, 3.05) is 26.2 Å². The van der Waals surface area contributed by atoms with Crippen molar-refractivity contribution in [3.63, 3.8) is 0 Å². The van der Waals surface area contributed by atoms with Gasteiger partial charge in [-0.25, -0.2) is 14.4 Å². The monoisotopic (exact) mass is 557 g/mol. The van der Waals surface area contributed by atoms with Gasteiger partial charge in [0.05, 0.1) is 11.4 Å². The molecule has 0 bridgehead atoms. The number of carbonyl (C=O) groups is 5. The van der Waals surface area contributed by atoms with Crippen LogP contribution in [0.2, 0.25) is 0 Å². The Morgan fingerprint density at radius 1 is 1.08 bits per heavy atom. The summed E-state index contributed by atoms with van der Waals surface area (Å²) >= 11 is 1.35. The van der Waals surface area contributed by atoms with Gasteiger partial charge >= 0.3 is 24.2 Å². The van der Waals surface area contributed by atoms with E-state index in [0.29, 0.717) is 11.4 Å². The number of fused-ring (bicyclic) bond motifs is 1. The zero-order chi connectivity index (χ0) is 27.9. The van der Waals surface area contributed by atoms with E-state index in [1.807, 2.05) is 0 Å². The van der Waals surface area contributed by atoms with Crippen LogP contribution < -0.4 is 25.4 Å². The number of halogens is 3. The van der Waals surface area contributed by atoms with Gasteiger partial charge in [-0.2, -0.15) is 13.2 Å². The lowest BCUT2D eigenvalue weighted by Gasteiger charge is -2.13. The van der Waals surface area contributed by atoms with Crippen molar-refractivity contribution < 1.29 is 51.4 Å². The average molecular weight is 558 g/mol. The molecule has 0 unspecified atom stereocenters. The summed E-state index contributed by atoms with van der Waals surface area (Å²) in [6.45, 7) is 1.77. The third kappa shape index (κ3) is 7.76. The minimum absolute atomic E-state index is 0.00134. The first-order valence-corrected chi connectivity index (χ1v) is 12.0. The molecule has 0 saturated heterocycles. The van der Waals surface area contributed by atoms with E-state index in [0.717, 1.165) is 35.5 Å². The SMILES string of the molecule is CCNC(=O)Oc1cc(C(=O)CNC(=O)c2cc3c(s2)CCNC3)ccc1OCC(=O)OC(=O)C(F)(F)F. The number of ether oxygens (including phenoxy) is 3. The Hall–Kier alpha value is -3.98. The summed E-state index contributed by atoms with van der Waals surface area (Å²) in [6, 6.07) is 5.23. The Morgan fingerprint density at radius 3 is 2.53 bits per heavy atom. The number of thiophene rings is 1. The van der Waals surface area contributed by atoms with Crippen molar-refractivity contribution in [2.24, 2.45) is 0 Å². The zero-order valence-corrected chi connectivity index (χ0v) is 20.7. The number of ketones is 1. The van der Waals surface area contributed by atoms with Crippen molar-refractivity contribution in [1.82, 2.24) is 16.0 Å². The van der Waals surface area contributed by atoms with Gasteiger partial charge in [0.15, 0.2) is 23.9 Å². The summed E-state index contributed by atoms with van der Waals surface area (Å²) in [6.07, 6.45) is -5.51. The van der Waals surface area contributed by atoms with Crippen molar-refractivity contribution in [3.05, 3.63) is 45.1 Å². The summed E-state index contributed by atoms with van der Waals surface area (Å²) in [5, 5.41) is 8.08. The lowest BCUT2D eigenvalue weighted by molar-refractivity contribution is -0.202. The van der Waals surface area contributed by atoms with Gasteiger partial charge in [0.1, 0.15) is 0 Å². The van der Waals surface area contributed by atoms with E-state index in [1.54, 1.807) is 13.0 Å². The minimum Gasteiger partial charge on any atom is -0.478 e. The topological polar surface area (TPSA) is 149 Å². The fourth-order valence-electron chi connectivity index (χ4n) is 3.20. The highest BCUT2D eigenvalue weighted by atomic mass is 32.1. The molecule has 0 fully saturated rings. The van der Waals surface area contributed by atoms with E-state index in [4.69, 9.17) is 9.47 Å². The summed E-state index contributed by atoms with van der Waals surface area (Å²) in [4.78, 5) is 61.0. The first-order valence-electron chi connectivity index (χ1n) is 11.2. The van der Waals surface area contributed by atoms with Gasteiger partial charge in [0.2, 0.25) is 0 Å². The predicted octanol–water partition coefficient (Wildman–Crippen LogP) is 2.13. The third-order valence-corrected chi connectivity index (χ3v) is 6.18. The fourth-order valence-corrected chi connectivity index (χ4v) is 4.30. The van der Waals surface area contributed by atoms with Crippen LogP contribution >= 0.6 is 11.3 Å². The summed E-state index contributed by atoms with van der Waals surface area (Å²) < 4.78 is 50.5. The number of amides is 2. The molecule has 1 aromatic heterocycles. The van der Waals surface area contributed by atoms with E-state index in [1.165, 1.54) is 17.4 Å². The maximum Gasteiger partial charge on any atom is 0.491 e. The van der Waals surface area contributed by atoms with Crippen LogP contribution in [0.15, 0.2) is 24.3 Å². The molecule has 11 nitrogen and oxygen atoms in total. The number of nitrogens with one attached hydrogen (secondary N) is 3. The smallest absolute Gasteiger partial charge is 0.478 e. The Balaban J connectivity index is 1.66. The number of rotatable bonds is 9. The van der Waals surface area contributed by atoms with Crippen LogP contribution in [-0.4, -0.2) is 62.1 Å². The average Bonchev–Trinajstić information content (AvgIpc) is 3.30. The highest BCUT2D eigenvalue weighted by molar-refractivity contribution is 7.14. The van der Waals surface area contributed by atoms with Crippen LogP contribution in [0.4, 0.5) is 18.0 Å². The lowest BCUT2D eigenvalue weighted by atomic mass is 10.1. The second-order valence-corrected chi connectivity index (χ2v) is 8.86. The van der Waals surface area contributed by atoms with E-state index >= 15 is 0 Å². The zero-order valence-electron chi connectivity index (χ0n) is 19.9. The maximum atomic E-state index is 12.7.